The van der Waals surface area contributed by atoms with Crippen molar-refractivity contribution in [1.29, 1.82) is 5.26 Å². The lowest BCUT2D eigenvalue weighted by Crippen LogP contribution is -2.32. The van der Waals surface area contributed by atoms with Crippen LogP contribution >= 0.6 is 0 Å². The lowest BCUT2D eigenvalue weighted by molar-refractivity contribution is 0.0939. The topological polar surface area (TPSA) is 65.8 Å². The van der Waals surface area contributed by atoms with Crippen LogP contribution in [0.3, 0.4) is 0 Å². The molecule has 0 aliphatic heterocycles. The number of carbonyl (C=O) groups excluding carboxylic acids is 1. The van der Waals surface area contributed by atoms with E-state index in [1.807, 2.05) is 6.07 Å². The van der Waals surface area contributed by atoms with Crippen LogP contribution in [0.5, 0.6) is 0 Å². The Bertz CT molecular complexity index is 432. The Hall–Kier alpha value is -1.89. The fourth-order valence-electron chi connectivity index (χ4n) is 1.67. The fourth-order valence-corrected chi connectivity index (χ4v) is 1.67. The molecule has 4 nitrogen and oxygen atoms in total. The van der Waals surface area contributed by atoms with Crippen LogP contribution in [0.2, 0.25) is 0 Å². The summed E-state index contributed by atoms with van der Waals surface area (Å²) in [4.78, 5) is 15.5. The highest BCUT2D eigenvalue weighted by atomic mass is 16.1. The van der Waals surface area contributed by atoms with Gasteiger partial charge < -0.3 is 5.32 Å². The highest BCUT2D eigenvalue weighted by Gasteiger charge is 2.18. The van der Waals surface area contributed by atoms with E-state index in [1.165, 1.54) is 31.5 Å². The molecule has 1 aromatic rings. The van der Waals surface area contributed by atoms with Crippen molar-refractivity contribution < 1.29 is 4.79 Å². The summed E-state index contributed by atoms with van der Waals surface area (Å²) in [6.45, 7) is 0.739. The molecular formula is C12H13N3O. The van der Waals surface area contributed by atoms with Gasteiger partial charge in [0, 0.05) is 18.3 Å². The lowest BCUT2D eigenvalue weighted by Gasteiger charge is -2.25. The molecule has 1 heterocycles. The Labute approximate surface area is 94.3 Å². The number of rotatable bonds is 3. The van der Waals surface area contributed by atoms with Crippen molar-refractivity contribution >= 4 is 5.91 Å². The molecular weight excluding hydrogens is 202 g/mol. The Morgan fingerprint density at radius 3 is 3.06 bits per heavy atom. The van der Waals surface area contributed by atoms with E-state index in [0.29, 0.717) is 11.5 Å². The summed E-state index contributed by atoms with van der Waals surface area (Å²) in [5.74, 6) is 0.520. The first-order valence-corrected chi connectivity index (χ1v) is 5.44. The van der Waals surface area contributed by atoms with Crippen molar-refractivity contribution in [2.24, 2.45) is 5.92 Å². The highest BCUT2D eigenvalue weighted by molar-refractivity contribution is 5.94. The molecule has 1 saturated carbocycles. The van der Waals surface area contributed by atoms with Gasteiger partial charge in [0.1, 0.15) is 11.8 Å². The molecule has 0 bridgehead atoms. The third-order valence-corrected chi connectivity index (χ3v) is 2.91. The second-order valence-electron chi connectivity index (χ2n) is 4.05. The van der Waals surface area contributed by atoms with Crippen LogP contribution in [0.4, 0.5) is 0 Å². The van der Waals surface area contributed by atoms with Gasteiger partial charge >= 0.3 is 0 Å². The first-order chi connectivity index (χ1) is 7.79. The quantitative estimate of drug-likeness (QED) is 0.830. The minimum atomic E-state index is -0.120. The molecule has 0 spiro atoms. The molecule has 0 saturated heterocycles. The summed E-state index contributed by atoms with van der Waals surface area (Å²) in [6, 6.07) is 5.05. The molecule has 0 unspecified atom stereocenters. The van der Waals surface area contributed by atoms with Gasteiger partial charge in [-0.1, -0.05) is 6.42 Å². The second kappa shape index (κ2) is 4.75. The largest absolute Gasteiger partial charge is 0.352 e. The van der Waals surface area contributed by atoms with Gasteiger partial charge in [0.15, 0.2) is 0 Å². The number of nitrogens with zero attached hydrogens (tertiary/aromatic N) is 2. The second-order valence-corrected chi connectivity index (χ2v) is 4.05. The number of aromatic nitrogens is 1. The van der Waals surface area contributed by atoms with Crippen molar-refractivity contribution in [2.75, 3.05) is 6.54 Å². The molecule has 1 aliphatic carbocycles. The van der Waals surface area contributed by atoms with Gasteiger partial charge in [-0.25, -0.2) is 4.98 Å². The van der Waals surface area contributed by atoms with Crippen LogP contribution in [-0.2, 0) is 0 Å². The Morgan fingerprint density at radius 1 is 1.62 bits per heavy atom. The summed E-state index contributed by atoms with van der Waals surface area (Å²) in [7, 11) is 0. The minimum Gasteiger partial charge on any atom is -0.352 e. The summed E-state index contributed by atoms with van der Waals surface area (Å²) in [6.07, 6.45) is 5.17. The molecule has 1 N–H and O–H groups in total. The van der Waals surface area contributed by atoms with E-state index in [9.17, 15) is 4.79 Å². The summed E-state index contributed by atoms with van der Waals surface area (Å²) in [5, 5.41) is 11.5. The van der Waals surface area contributed by atoms with E-state index in [4.69, 9.17) is 5.26 Å². The van der Waals surface area contributed by atoms with E-state index in [2.05, 4.69) is 10.3 Å². The number of hydrogen-bond acceptors (Lipinski definition) is 3. The van der Waals surface area contributed by atoms with Gasteiger partial charge in [0.25, 0.3) is 5.91 Å². The fraction of sp³-hybridized carbons (Fsp3) is 0.417. The lowest BCUT2D eigenvalue weighted by atomic mass is 9.85. The number of pyridine rings is 1. The molecule has 4 heteroatoms. The van der Waals surface area contributed by atoms with Crippen LogP contribution < -0.4 is 5.32 Å². The number of nitrogens with one attached hydrogen (secondary N) is 1. The average molecular weight is 215 g/mol. The first-order valence-electron chi connectivity index (χ1n) is 5.44. The number of nitriles is 1. The third-order valence-electron chi connectivity index (χ3n) is 2.91. The number of carbonyl (C=O) groups is 1. The normalized spacial score (nSPS) is 14.9. The molecule has 1 amide bonds. The highest BCUT2D eigenvalue weighted by Crippen LogP contribution is 2.25. The van der Waals surface area contributed by atoms with Gasteiger partial charge in [-0.3, -0.25) is 4.79 Å². The average Bonchev–Trinajstić information content (AvgIpc) is 2.27. The number of amides is 1. The molecule has 1 aromatic heterocycles. The smallest absolute Gasteiger partial charge is 0.251 e. The molecule has 82 valence electrons. The van der Waals surface area contributed by atoms with Crippen molar-refractivity contribution in [3.8, 4) is 6.07 Å². The minimum absolute atomic E-state index is 0.120. The third kappa shape index (κ3) is 2.37. The van der Waals surface area contributed by atoms with Gasteiger partial charge in [-0.2, -0.15) is 5.26 Å². The van der Waals surface area contributed by atoms with E-state index in [1.54, 1.807) is 6.07 Å². The standard InChI is InChI=1S/C12H13N3O/c13-7-11-6-10(4-5-14-11)12(16)15-8-9-2-1-3-9/h4-6,9H,1-3,8H2,(H,15,16). The van der Waals surface area contributed by atoms with Crippen LogP contribution in [0, 0.1) is 17.2 Å². The Morgan fingerprint density at radius 2 is 2.44 bits per heavy atom. The van der Waals surface area contributed by atoms with Gasteiger partial charge in [-0.15, -0.1) is 0 Å². The van der Waals surface area contributed by atoms with Gasteiger partial charge in [-0.05, 0) is 30.9 Å². The summed E-state index contributed by atoms with van der Waals surface area (Å²) in [5.41, 5.74) is 0.780. The van der Waals surface area contributed by atoms with Crippen molar-refractivity contribution in [2.45, 2.75) is 19.3 Å². The Balaban J connectivity index is 1.94. The van der Waals surface area contributed by atoms with Crippen molar-refractivity contribution in [3.63, 3.8) is 0 Å². The van der Waals surface area contributed by atoms with Crippen LogP contribution in [-0.4, -0.2) is 17.4 Å². The van der Waals surface area contributed by atoms with Crippen molar-refractivity contribution in [3.05, 3.63) is 29.6 Å². The monoisotopic (exact) mass is 215 g/mol. The molecule has 0 aromatic carbocycles. The first kappa shape index (κ1) is 10.6. The molecule has 1 aliphatic rings. The van der Waals surface area contributed by atoms with Gasteiger partial charge in [0.2, 0.25) is 0 Å². The predicted molar refractivity (Wildman–Crippen MR) is 58.6 cm³/mol. The summed E-state index contributed by atoms with van der Waals surface area (Å²) < 4.78 is 0. The number of hydrogen-bond donors (Lipinski definition) is 1. The molecule has 0 atom stereocenters. The maximum atomic E-state index is 11.7. The SMILES string of the molecule is N#Cc1cc(C(=O)NCC2CCC2)ccn1. The maximum absolute atomic E-state index is 11.7. The van der Waals surface area contributed by atoms with E-state index >= 15 is 0 Å². The Kier molecular flexibility index (Phi) is 3.16. The molecule has 0 radical (unpaired) electrons. The van der Waals surface area contributed by atoms with Gasteiger partial charge in [0.05, 0.1) is 0 Å². The molecule has 1 fully saturated rings. The molecule has 2 rings (SSSR count). The van der Waals surface area contributed by atoms with E-state index in [-0.39, 0.29) is 11.6 Å². The van der Waals surface area contributed by atoms with Crippen LogP contribution in [0.1, 0.15) is 35.3 Å². The zero-order valence-electron chi connectivity index (χ0n) is 8.94. The van der Waals surface area contributed by atoms with E-state index < -0.39 is 0 Å². The predicted octanol–water partition coefficient (Wildman–Crippen LogP) is 1.48. The molecule has 16 heavy (non-hydrogen) atoms. The van der Waals surface area contributed by atoms with E-state index in [0.717, 1.165) is 6.54 Å². The van der Waals surface area contributed by atoms with Crippen LogP contribution in [0.15, 0.2) is 18.3 Å². The van der Waals surface area contributed by atoms with Crippen molar-refractivity contribution in [1.82, 2.24) is 10.3 Å². The zero-order valence-corrected chi connectivity index (χ0v) is 8.94. The maximum Gasteiger partial charge on any atom is 0.251 e. The summed E-state index contributed by atoms with van der Waals surface area (Å²) >= 11 is 0. The van der Waals surface area contributed by atoms with Crippen LogP contribution in [0.25, 0.3) is 0 Å². The zero-order chi connectivity index (χ0) is 11.4.